The van der Waals surface area contributed by atoms with E-state index in [0.29, 0.717) is 11.0 Å². The summed E-state index contributed by atoms with van der Waals surface area (Å²) in [4.78, 5) is 23.5. The third-order valence-electron chi connectivity index (χ3n) is 2.26. The average Bonchev–Trinajstić information content (AvgIpc) is 2.25. The Balaban J connectivity index is 2.48. The molecule has 90 valence electrons. The van der Waals surface area contributed by atoms with Gasteiger partial charge in [0.25, 0.3) is 11.8 Å². The van der Waals surface area contributed by atoms with Gasteiger partial charge in [0.2, 0.25) is 0 Å². The van der Waals surface area contributed by atoms with E-state index in [9.17, 15) is 18.4 Å². The summed E-state index contributed by atoms with van der Waals surface area (Å²) in [6.45, 7) is -0.662. The molecule has 2 N–H and O–H groups in total. The van der Waals surface area contributed by atoms with E-state index in [1.54, 1.807) is 0 Å². The number of morpholine rings is 1. The van der Waals surface area contributed by atoms with Gasteiger partial charge in [0, 0.05) is 6.07 Å². The first kappa shape index (κ1) is 11.5. The Labute approximate surface area is 94.8 Å². The summed E-state index contributed by atoms with van der Waals surface area (Å²) in [6.07, 6.45) is 0. The van der Waals surface area contributed by atoms with Crippen LogP contribution in [0.15, 0.2) is 12.1 Å². The standard InChI is InChI=1S/C10H8F2N2O3/c11-5-1-6(12)8(2-7(5)13)14-9(15)3-17-4-10(14)16/h1-2H,3-4,13H2. The number of nitrogens with zero attached hydrogens (tertiary/aromatic N) is 1. The van der Waals surface area contributed by atoms with Gasteiger partial charge in [0.05, 0.1) is 11.4 Å². The van der Waals surface area contributed by atoms with E-state index < -0.39 is 23.4 Å². The first-order chi connectivity index (χ1) is 8.00. The number of nitrogens with two attached hydrogens (primary N) is 1. The highest BCUT2D eigenvalue weighted by atomic mass is 19.1. The third-order valence-corrected chi connectivity index (χ3v) is 2.26. The maximum absolute atomic E-state index is 13.5. The molecular formula is C10H8F2N2O3. The van der Waals surface area contributed by atoms with Crippen molar-refractivity contribution in [3.05, 3.63) is 23.8 Å². The lowest BCUT2D eigenvalue weighted by Gasteiger charge is -2.25. The average molecular weight is 242 g/mol. The molecule has 0 unspecified atom stereocenters. The van der Waals surface area contributed by atoms with Crippen LogP contribution in [0, 0.1) is 11.6 Å². The molecule has 1 aliphatic rings. The molecule has 2 amide bonds. The van der Waals surface area contributed by atoms with Crippen molar-refractivity contribution < 1.29 is 23.1 Å². The summed E-state index contributed by atoms with van der Waals surface area (Å²) < 4.78 is 31.1. The van der Waals surface area contributed by atoms with E-state index in [-0.39, 0.29) is 24.6 Å². The Morgan fingerprint density at radius 1 is 1.12 bits per heavy atom. The van der Waals surface area contributed by atoms with Gasteiger partial charge >= 0.3 is 0 Å². The predicted molar refractivity (Wildman–Crippen MR) is 54.1 cm³/mol. The summed E-state index contributed by atoms with van der Waals surface area (Å²) in [6, 6.07) is 1.44. The highest BCUT2D eigenvalue weighted by molar-refractivity contribution is 6.17. The SMILES string of the molecule is Nc1cc(N2C(=O)COCC2=O)c(F)cc1F. The number of amides is 2. The number of ether oxygens (including phenoxy) is 1. The molecule has 1 fully saturated rings. The van der Waals surface area contributed by atoms with Gasteiger partial charge in [-0.3, -0.25) is 9.59 Å². The monoisotopic (exact) mass is 242 g/mol. The third kappa shape index (κ3) is 1.96. The second-order valence-corrected chi connectivity index (χ2v) is 3.44. The first-order valence-corrected chi connectivity index (χ1v) is 4.68. The van der Waals surface area contributed by atoms with Gasteiger partial charge in [-0.15, -0.1) is 0 Å². The van der Waals surface area contributed by atoms with Crippen molar-refractivity contribution in [2.75, 3.05) is 23.8 Å². The maximum atomic E-state index is 13.5. The highest BCUT2D eigenvalue weighted by Gasteiger charge is 2.30. The molecule has 17 heavy (non-hydrogen) atoms. The van der Waals surface area contributed by atoms with Crippen molar-refractivity contribution in [2.45, 2.75) is 0 Å². The molecule has 1 heterocycles. The van der Waals surface area contributed by atoms with Crippen molar-refractivity contribution >= 4 is 23.2 Å². The van der Waals surface area contributed by atoms with E-state index >= 15 is 0 Å². The van der Waals surface area contributed by atoms with Crippen LogP contribution in [0.3, 0.4) is 0 Å². The summed E-state index contributed by atoms with van der Waals surface area (Å²) in [5.74, 6) is -3.41. The number of nitrogen functional groups attached to an aromatic ring is 1. The number of carbonyl (C=O) groups excluding carboxylic acids is 2. The quantitative estimate of drug-likeness (QED) is 0.572. The smallest absolute Gasteiger partial charge is 0.259 e. The van der Waals surface area contributed by atoms with Crippen molar-refractivity contribution in [1.29, 1.82) is 0 Å². The van der Waals surface area contributed by atoms with Gasteiger partial charge in [-0.25, -0.2) is 13.7 Å². The van der Waals surface area contributed by atoms with E-state index in [4.69, 9.17) is 5.73 Å². The van der Waals surface area contributed by atoms with Gasteiger partial charge in [0.1, 0.15) is 24.8 Å². The number of halogens is 2. The summed E-state index contributed by atoms with van der Waals surface area (Å²) in [5, 5.41) is 0. The Kier molecular flexibility index (Phi) is 2.76. The number of benzene rings is 1. The fourth-order valence-electron chi connectivity index (χ4n) is 1.49. The molecule has 1 saturated heterocycles. The fourth-order valence-corrected chi connectivity index (χ4v) is 1.49. The van der Waals surface area contributed by atoms with E-state index in [1.807, 2.05) is 0 Å². The number of hydrogen-bond acceptors (Lipinski definition) is 4. The molecule has 0 aromatic heterocycles. The molecule has 0 saturated carbocycles. The molecule has 0 bridgehead atoms. The van der Waals surface area contributed by atoms with Crippen LogP contribution in [0.2, 0.25) is 0 Å². The van der Waals surface area contributed by atoms with Crippen molar-refractivity contribution in [3.63, 3.8) is 0 Å². The van der Waals surface area contributed by atoms with Crippen LogP contribution >= 0.6 is 0 Å². The summed E-state index contributed by atoms with van der Waals surface area (Å²) >= 11 is 0. The molecular weight excluding hydrogens is 234 g/mol. The van der Waals surface area contributed by atoms with Crippen LogP contribution < -0.4 is 10.6 Å². The molecule has 1 aliphatic heterocycles. The fraction of sp³-hybridized carbons (Fsp3) is 0.200. The maximum Gasteiger partial charge on any atom is 0.259 e. The summed E-state index contributed by atoms with van der Waals surface area (Å²) in [5.41, 5.74) is 4.57. The highest BCUT2D eigenvalue weighted by Crippen LogP contribution is 2.26. The molecule has 2 rings (SSSR count). The molecule has 0 radical (unpaired) electrons. The molecule has 5 nitrogen and oxygen atoms in total. The van der Waals surface area contributed by atoms with Gasteiger partial charge in [-0.1, -0.05) is 0 Å². The molecule has 1 aromatic carbocycles. The Bertz CT molecular complexity index is 489. The van der Waals surface area contributed by atoms with Crippen LogP contribution in [-0.4, -0.2) is 25.0 Å². The molecule has 0 atom stereocenters. The van der Waals surface area contributed by atoms with E-state index in [0.717, 1.165) is 6.07 Å². The van der Waals surface area contributed by atoms with Crippen molar-refractivity contribution in [3.8, 4) is 0 Å². The van der Waals surface area contributed by atoms with Crippen molar-refractivity contribution in [1.82, 2.24) is 0 Å². The van der Waals surface area contributed by atoms with Crippen LogP contribution in [0.25, 0.3) is 0 Å². The lowest BCUT2D eigenvalue weighted by atomic mass is 10.2. The van der Waals surface area contributed by atoms with Crippen LogP contribution in [-0.2, 0) is 14.3 Å². The van der Waals surface area contributed by atoms with Gasteiger partial charge in [0.15, 0.2) is 0 Å². The molecule has 1 aromatic rings. The van der Waals surface area contributed by atoms with Gasteiger partial charge in [-0.2, -0.15) is 0 Å². The number of anilines is 2. The Morgan fingerprint density at radius 3 is 2.29 bits per heavy atom. The van der Waals surface area contributed by atoms with Crippen LogP contribution in [0.1, 0.15) is 0 Å². The van der Waals surface area contributed by atoms with Crippen molar-refractivity contribution in [2.24, 2.45) is 0 Å². The molecule has 7 heteroatoms. The largest absolute Gasteiger partial charge is 0.396 e. The zero-order valence-electron chi connectivity index (χ0n) is 8.57. The second-order valence-electron chi connectivity index (χ2n) is 3.44. The number of carbonyl (C=O) groups is 2. The summed E-state index contributed by atoms with van der Waals surface area (Å²) in [7, 11) is 0. The predicted octanol–water partition coefficient (Wildman–Crippen LogP) is 0.437. The van der Waals surface area contributed by atoms with Gasteiger partial charge in [-0.05, 0) is 6.07 Å². The van der Waals surface area contributed by atoms with Crippen LogP contribution in [0.4, 0.5) is 20.2 Å². The van der Waals surface area contributed by atoms with Gasteiger partial charge < -0.3 is 10.5 Å². The minimum atomic E-state index is -1.03. The van der Waals surface area contributed by atoms with E-state index in [2.05, 4.69) is 4.74 Å². The zero-order valence-corrected chi connectivity index (χ0v) is 8.57. The number of rotatable bonds is 1. The number of imide groups is 1. The van der Waals surface area contributed by atoms with Crippen LogP contribution in [0.5, 0.6) is 0 Å². The Hall–Kier alpha value is -2.02. The number of hydrogen-bond donors (Lipinski definition) is 1. The molecule has 0 aliphatic carbocycles. The Morgan fingerprint density at radius 2 is 1.71 bits per heavy atom. The molecule has 0 spiro atoms. The topological polar surface area (TPSA) is 72.6 Å². The zero-order chi connectivity index (χ0) is 12.6. The van der Waals surface area contributed by atoms with E-state index in [1.165, 1.54) is 0 Å². The lowest BCUT2D eigenvalue weighted by Crippen LogP contribution is -2.46. The minimum Gasteiger partial charge on any atom is -0.396 e. The first-order valence-electron chi connectivity index (χ1n) is 4.68. The second kappa shape index (κ2) is 4.10. The lowest BCUT2D eigenvalue weighted by molar-refractivity contribution is -0.138. The normalized spacial score (nSPS) is 16.5. The minimum absolute atomic E-state index is 0.331.